The van der Waals surface area contributed by atoms with E-state index in [-0.39, 0.29) is 12.6 Å². The lowest BCUT2D eigenvalue weighted by Gasteiger charge is -2.21. The summed E-state index contributed by atoms with van der Waals surface area (Å²) >= 11 is 0. The second kappa shape index (κ2) is 5.30. The minimum Gasteiger partial charge on any atom is -0.468 e. The second-order valence-electron chi connectivity index (χ2n) is 4.00. The maximum Gasteiger partial charge on any atom is 0.117 e. The molecule has 0 radical (unpaired) electrons. The molecule has 0 amide bonds. The van der Waals surface area contributed by atoms with Gasteiger partial charge in [0.15, 0.2) is 0 Å². The highest BCUT2D eigenvalue weighted by molar-refractivity contribution is 4.98. The summed E-state index contributed by atoms with van der Waals surface area (Å²) in [5.74, 6) is 0.994. The first kappa shape index (κ1) is 10.7. The summed E-state index contributed by atoms with van der Waals surface area (Å²) in [6.45, 7) is 3.97. The molecule has 1 fully saturated rings. The molecule has 0 aliphatic carbocycles. The number of aliphatic hydroxyl groups is 1. The fourth-order valence-corrected chi connectivity index (χ4v) is 1.97. The predicted molar refractivity (Wildman–Crippen MR) is 57.5 cm³/mol. The Hall–Kier alpha value is -0.840. The van der Waals surface area contributed by atoms with E-state index in [9.17, 15) is 0 Å². The normalized spacial score (nSPS) is 23.9. The highest BCUT2D eigenvalue weighted by Gasteiger charge is 2.17. The number of hydrogen-bond acceptors (Lipinski definition) is 4. The third kappa shape index (κ3) is 3.06. The average Bonchev–Trinajstić information content (AvgIpc) is 2.64. The predicted octanol–water partition coefficient (Wildman–Crippen LogP) is 0.436. The van der Waals surface area contributed by atoms with E-state index < -0.39 is 0 Å². The van der Waals surface area contributed by atoms with Gasteiger partial charge in [0.2, 0.25) is 0 Å². The first-order chi connectivity index (χ1) is 7.38. The molecular formula is C11H18N2O2. The van der Waals surface area contributed by atoms with Crippen molar-refractivity contribution in [2.45, 2.75) is 19.0 Å². The van der Waals surface area contributed by atoms with Crippen LogP contribution in [0.15, 0.2) is 22.8 Å². The number of rotatable bonds is 3. The van der Waals surface area contributed by atoms with E-state index in [0.717, 1.165) is 38.4 Å². The van der Waals surface area contributed by atoms with Gasteiger partial charge in [-0.05, 0) is 31.6 Å². The van der Waals surface area contributed by atoms with Gasteiger partial charge in [0, 0.05) is 12.6 Å². The van der Waals surface area contributed by atoms with Crippen LogP contribution >= 0.6 is 0 Å². The molecule has 2 N–H and O–H groups in total. The summed E-state index contributed by atoms with van der Waals surface area (Å²) in [5, 5.41) is 12.5. The highest BCUT2D eigenvalue weighted by Crippen LogP contribution is 2.08. The summed E-state index contributed by atoms with van der Waals surface area (Å²) in [5.41, 5.74) is 0. The molecular weight excluding hydrogens is 192 g/mol. The maximum absolute atomic E-state index is 9.15. The summed E-state index contributed by atoms with van der Waals surface area (Å²) in [4.78, 5) is 2.32. The molecule has 2 rings (SSSR count). The van der Waals surface area contributed by atoms with Crippen molar-refractivity contribution in [3.05, 3.63) is 24.2 Å². The standard InChI is InChI=1S/C11H18N2O2/c14-9-10-7-13(5-2-4-12-10)8-11-3-1-6-15-11/h1,3,6,10,12,14H,2,4-5,7-9H2. The molecule has 1 atom stereocenters. The minimum absolute atomic E-state index is 0.197. The number of hydrogen-bond donors (Lipinski definition) is 2. The fraction of sp³-hybridized carbons (Fsp3) is 0.636. The van der Waals surface area contributed by atoms with Crippen LogP contribution in [0.4, 0.5) is 0 Å². The Balaban J connectivity index is 1.90. The van der Waals surface area contributed by atoms with Gasteiger partial charge in [-0.2, -0.15) is 0 Å². The van der Waals surface area contributed by atoms with Gasteiger partial charge in [-0.25, -0.2) is 0 Å². The Morgan fingerprint density at radius 3 is 3.27 bits per heavy atom. The SMILES string of the molecule is OCC1CN(Cc2ccco2)CCCN1. The van der Waals surface area contributed by atoms with E-state index in [1.165, 1.54) is 0 Å². The average molecular weight is 210 g/mol. The lowest BCUT2D eigenvalue weighted by Crippen LogP contribution is -2.39. The molecule has 0 bridgehead atoms. The fourth-order valence-electron chi connectivity index (χ4n) is 1.97. The lowest BCUT2D eigenvalue weighted by atomic mass is 10.3. The van der Waals surface area contributed by atoms with Gasteiger partial charge < -0.3 is 14.8 Å². The number of aliphatic hydroxyl groups excluding tert-OH is 1. The third-order valence-electron chi connectivity index (χ3n) is 2.74. The molecule has 0 saturated carbocycles. The first-order valence-corrected chi connectivity index (χ1v) is 5.47. The Kier molecular flexibility index (Phi) is 3.77. The molecule has 1 saturated heterocycles. The molecule has 4 nitrogen and oxygen atoms in total. The number of nitrogens with one attached hydrogen (secondary N) is 1. The largest absolute Gasteiger partial charge is 0.468 e. The van der Waals surface area contributed by atoms with Gasteiger partial charge in [-0.15, -0.1) is 0 Å². The monoisotopic (exact) mass is 210 g/mol. The van der Waals surface area contributed by atoms with Crippen molar-refractivity contribution in [1.82, 2.24) is 10.2 Å². The lowest BCUT2D eigenvalue weighted by molar-refractivity contribution is 0.189. The quantitative estimate of drug-likeness (QED) is 0.760. The van der Waals surface area contributed by atoms with Gasteiger partial charge in [0.05, 0.1) is 19.4 Å². The summed E-state index contributed by atoms with van der Waals surface area (Å²) in [7, 11) is 0. The number of nitrogens with zero attached hydrogens (tertiary/aromatic N) is 1. The van der Waals surface area contributed by atoms with E-state index in [0.29, 0.717) is 0 Å². The first-order valence-electron chi connectivity index (χ1n) is 5.47. The molecule has 1 aromatic heterocycles. The van der Waals surface area contributed by atoms with Crippen LogP contribution in [0.1, 0.15) is 12.2 Å². The van der Waals surface area contributed by atoms with Gasteiger partial charge in [-0.1, -0.05) is 0 Å². The van der Waals surface area contributed by atoms with Gasteiger partial charge >= 0.3 is 0 Å². The Morgan fingerprint density at radius 2 is 2.53 bits per heavy atom. The van der Waals surface area contributed by atoms with Crippen LogP contribution in [0.2, 0.25) is 0 Å². The third-order valence-corrected chi connectivity index (χ3v) is 2.74. The van der Waals surface area contributed by atoms with Crippen LogP contribution in [0, 0.1) is 0 Å². The van der Waals surface area contributed by atoms with Gasteiger partial charge in [0.1, 0.15) is 5.76 Å². The summed E-state index contributed by atoms with van der Waals surface area (Å²) < 4.78 is 5.32. The molecule has 84 valence electrons. The van der Waals surface area contributed by atoms with Crippen molar-refractivity contribution in [3.8, 4) is 0 Å². The van der Waals surface area contributed by atoms with Crippen LogP contribution < -0.4 is 5.32 Å². The van der Waals surface area contributed by atoms with Crippen LogP contribution in [-0.2, 0) is 6.54 Å². The zero-order valence-electron chi connectivity index (χ0n) is 8.85. The summed E-state index contributed by atoms with van der Waals surface area (Å²) in [6, 6.07) is 4.10. The Labute approximate surface area is 89.9 Å². The molecule has 1 aliphatic heterocycles. The maximum atomic E-state index is 9.15. The molecule has 1 aromatic rings. The summed E-state index contributed by atoms with van der Waals surface area (Å²) in [6.07, 6.45) is 2.83. The smallest absolute Gasteiger partial charge is 0.117 e. The highest BCUT2D eigenvalue weighted by atomic mass is 16.3. The topological polar surface area (TPSA) is 48.6 Å². The van der Waals surface area contributed by atoms with E-state index in [1.807, 2.05) is 12.1 Å². The van der Waals surface area contributed by atoms with E-state index in [4.69, 9.17) is 9.52 Å². The molecule has 0 spiro atoms. The van der Waals surface area contributed by atoms with Crippen molar-refractivity contribution < 1.29 is 9.52 Å². The molecule has 15 heavy (non-hydrogen) atoms. The Morgan fingerprint density at radius 1 is 1.60 bits per heavy atom. The van der Waals surface area contributed by atoms with Crippen molar-refractivity contribution >= 4 is 0 Å². The Bertz CT molecular complexity index is 274. The van der Waals surface area contributed by atoms with E-state index in [1.54, 1.807) is 6.26 Å². The van der Waals surface area contributed by atoms with Crippen LogP contribution in [-0.4, -0.2) is 42.3 Å². The molecule has 0 aromatic carbocycles. The zero-order chi connectivity index (χ0) is 10.5. The number of furan rings is 1. The second-order valence-corrected chi connectivity index (χ2v) is 4.00. The van der Waals surface area contributed by atoms with E-state index in [2.05, 4.69) is 10.2 Å². The van der Waals surface area contributed by atoms with Crippen molar-refractivity contribution in [1.29, 1.82) is 0 Å². The molecule has 1 unspecified atom stereocenters. The molecule has 4 heteroatoms. The van der Waals surface area contributed by atoms with Gasteiger partial charge in [0.25, 0.3) is 0 Å². The minimum atomic E-state index is 0.197. The van der Waals surface area contributed by atoms with Crippen LogP contribution in [0.5, 0.6) is 0 Å². The molecule has 1 aliphatic rings. The van der Waals surface area contributed by atoms with Gasteiger partial charge in [-0.3, -0.25) is 4.90 Å². The van der Waals surface area contributed by atoms with Crippen LogP contribution in [0.25, 0.3) is 0 Å². The molecule has 2 heterocycles. The van der Waals surface area contributed by atoms with Crippen molar-refractivity contribution in [2.24, 2.45) is 0 Å². The van der Waals surface area contributed by atoms with Crippen LogP contribution in [0.3, 0.4) is 0 Å². The van der Waals surface area contributed by atoms with Crippen molar-refractivity contribution in [3.63, 3.8) is 0 Å². The van der Waals surface area contributed by atoms with E-state index >= 15 is 0 Å². The van der Waals surface area contributed by atoms with Crippen molar-refractivity contribution in [2.75, 3.05) is 26.2 Å². The zero-order valence-corrected chi connectivity index (χ0v) is 8.85.